The van der Waals surface area contributed by atoms with Crippen LogP contribution >= 0.6 is 0 Å². The molecular weight excluding hydrogens is 198 g/mol. The molecule has 0 aliphatic carbocycles. The Morgan fingerprint density at radius 1 is 1.33 bits per heavy atom. The number of benzene rings is 1. The molecule has 1 heterocycles. The Bertz CT molecular complexity index is 315. The lowest BCUT2D eigenvalue weighted by molar-refractivity contribution is 0.499. The summed E-state index contributed by atoms with van der Waals surface area (Å²) in [6.45, 7) is 2.10. The fourth-order valence-electron chi connectivity index (χ4n) is 1.78. The molecule has 0 amide bonds. The van der Waals surface area contributed by atoms with Crippen molar-refractivity contribution in [3.8, 4) is 0 Å². The first-order valence-corrected chi connectivity index (χ1v) is 5.14. The molecule has 0 radical (unpaired) electrons. The average molecular weight is 212 g/mol. The third-order valence-electron chi connectivity index (χ3n) is 2.69. The van der Waals surface area contributed by atoms with Crippen LogP contribution < -0.4 is 10.6 Å². The second-order valence-corrected chi connectivity index (χ2v) is 3.77. The molecule has 2 nitrogen and oxygen atoms in total. The summed E-state index contributed by atoms with van der Waals surface area (Å²) in [6.07, 6.45) is 1.01. The lowest BCUT2D eigenvalue weighted by Crippen LogP contribution is -2.31. The maximum atomic E-state index is 13.2. The lowest BCUT2D eigenvalue weighted by Gasteiger charge is -2.11. The minimum atomic E-state index is -0.478. The van der Waals surface area contributed by atoms with Crippen LogP contribution in [0, 0.1) is 11.6 Å². The molecule has 2 N–H and O–H groups in total. The minimum absolute atomic E-state index is 0.129. The van der Waals surface area contributed by atoms with Crippen LogP contribution in [0.5, 0.6) is 0 Å². The summed E-state index contributed by atoms with van der Waals surface area (Å²) in [5.74, 6) is -0.957. The fourth-order valence-corrected chi connectivity index (χ4v) is 1.78. The normalized spacial score (nSPS) is 20.8. The molecule has 0 bridgehead atoms. The van der Waals surface area contributed by atoms with Gasteiger partial charge in [0.2, 0.25) is 0 Å². The van der Waals surface area contributed by atoms with E-state index in [1.807, 2.05) is 0 Å². The Balaban J connectivity index is 1.97. The van der Waals surface area contributed by atoms with Gasteiger partial charge in [-0.05, 0) is 25.1 Å². The van der Waals surface area contributed by atoms with Crippen molar-refractivity contribution < 1.29 is 8.78 Å². The summed E-state index contributed by atoms with van der Waals surface area (Å²) in [4.78, 5) is 0. The van der Waals surface area contributed by atoms with Crippen LogP contribution in [0.3, 0.4) is 0 Å². The molecule has 4 heteroatoms. The van der Waals surface area contributed by atoms with Crippen molar-refractivity contribution in [2.24, 2.45) is 0 Å². The highest BCUT2D eigenvalue weighted by atomic mass is 19.1. The SMILES string of the molecule is Fc1cccc(F)c1CNC1CCNC1. The van der Waals surface area contributed by atoms with Gasteiger partial charge in [-0.3, -0.25) is 0 Å². The molecule has 1 fully saturated rings. The summed E-state index contributed by atoms with van der Waals surface area (Å²) in [5, 5.41) is 6.32. The van der Waals surface area contributed by atoms with Crippen LogP contribution in [-0.4, -0.2) is 19.1 Å². The Labute approximate surface area is 87.7 Å². The van der Waals surface area contributed by atoms with Gasteiger partial charge in [0.25, 0.3) is 0 Å². The second-order valence-electron chi connectivity index (χ2n) is 3.77. The number of hydrogen-bond donors (Lipinski definition) is 2. The Hall–Kier alpha value is -1.00. The second kappa shape index (κ2) is 4.68. The number of nitrogens with one attached hydrogen (secondary N) is 2. The lowest BCUT2D eigenvalue weighted by atomic mass is 10.1. The Morgan fingerprint density at radius 2 is 2.07 bits per heavy atom. The van der Waals surface area contributed by atoms with Crippen molar-refractivity contribution in [1.82, 2.24) is 10.6 Å². The molecular formula is C11H14F2N2. The van der Waals surface area contributed by atoms with Crippen LogP contribution in [0.1, 0.15) is 12.0 Å². The van der Waals surface area contributed by atoms with E-state index in [9.17, 15) is 8.78 Å². The van der Waals surface area contributed by atoms with E-state index in [1.54, 1.807) is 0 Å². The Kier molecular flexibility index (Phi) is 3.28. The molecule has 0 saturated carbocycles. The predicted octanol–water partition coefficient (Wildman–Crippen LogP) is 1.42. The first-order chi connectivity index (χ1) is 7.27. The van der Waals surface area contributed by atoms with E-state index in [4.69, 9.17) is 0 Å². The summed E-state index contributed by atoms with van der Waals surface area (Å²) >= 11 is 0. The molecule has 0 spiro atoms. The average Bonchev–Trinajstić information content (AvgIpc) is 2.70. The molecule has 1 aromatic carbocycles. The monoisotopic (exact) mass is 212 g/mol. The largest absolute Gasteiger partial charge is 0.315 e. The van der Waals surface area contributed by atoms with Gasteiger partial charge in [-0.1, -0.05) is 6.07 Å². The van der Waals surface area contributed by atoms with Gasteiger partial charge in [0.05, 0.1) is 0 Å². The van der Waals surface area contributed by atoms with Crippen molar-refractivity contribution in [1.29, 1.82) is 0 Å². The molecule has 1 aliphatic rings. The highest BCUT2D eigenvalue weighted by Crippen LogP contribution is 2.12. The van der Waals surface area contributed by atoms with Crippen molar-refractivity contribution in [2.45, 2.75) is 19.0 Å². The zero-order chi connectivity index (χ0) is 10.7. The number of halogens is 2. The molecule has 1 aromatic rings. The van der Waals surface area contributed by atoms with Crippen molar-refractivity contribution in [3.63, 3.8) is 0 Å². The number of rotatable bonds is 3. The molecule has 2 rings (SSSR count). The molecule has 1 saturated heterocycles. The number of hydrogen-bond acceptors (Lipinski definition) is 2. The molecule has 82 valence electrons. The van der Waals surface area contributed by atoms with Crippen LogP contribution in [0.2, 0.25) is 0 Å². The van der Waals surface area contributed by atoms with E-state index >= 15 is 0 Å². The fraction of sp³-hybridized carbons (Fsp3) is 0.455. The quantitative estimate of drug-likeness (QED) is 0.791. The molecule has 1 atom stereocenters. The van der Waals surface area contributed by atoms with E-state index in [0.717, 1.165) is 19.5 Å². The van der Waals surface area contributed by atoms with Gasteiger partial charge < -0.3 is 10.6 Å². The summed E-state index contributed by atoms with van der Waals surface area (Å²) < 4.78 is 26.5. The topological polar surface area (TPSA) is 24.1 Å². The molecule has 0 aromatic heterocycles. The van der Waals surface area contributed by atoms with Crippen molar-refractivity contribution in [3.05, 3.63) is 35.4 Å². The molecule has 15 heavy (non-hydrogen) atoms. The van der Waals surface area contributed by atoms with Gasteiger partial charge in [-0.15, -0.1) is 0 Å². The smallest absolute Gasteiger partial charge is 0.130 e. The highest BCUT2D eigenvalue weighted by molar-refractivity contribution is 5.19. The van der Waals surface area contributed by atoms with E-state index in [-0.39, 0.29) is 12.1 Å². The van der Waals surface area contributed by atoms with Crippen LogP contribution in [0.15, 0.2) is 18.2 Å². The van der Waals surface area contributed by atoms with Gasteiger partial charge in [-0.2, -0.15) is 0 Å². The first kappa shape index (κ1) is 10.5. The zero-order valence-electron chi connectivity index (χ0n) is 8.39. The van der Waals surface area contributed by atoms with Crippen molar-refractivity contribution >= 4 is 0 Å². The molecule has 1 unspecified atom stereocenters. The highest BCUT2D eigenvalue weighted by Gasteiger charge is 2.15. The minimum Gasteiger partial charge on any atom is -0.315 e. The van der Waals surface area contributed by atoms with Crippen molar-refractivity contribution in [2.75, 3.05) is 13.1 Å². The standard InChI is InChI=1S/C11H14F2N2/c12-10-2-1-3-11(13)9(10)7-15-8-4-5-14-6-8/h1-3,8,14-15H,4-7H2. The third kappa shape index (κ3) is 2.52. The van der Waals surface area contributed by atoms with E-state index in [0.29, 0.717) is 6.04 Å². The van der Waals surface area contributed by atoms with Gasteiger partial charge in [0.1, 0.15) is 11.6 Å². The predicted molar refractivity (Wildman–Crippen MR) is 54.5 cm³/mol. The van der Waals surface area contributed by atoms with Crippen LogP contribution in [0.4, 0.5) is 8.78 Å². The Morgan fingerprint density at radius 3 is 2.67 bits per heavy atom. The van der Waals surface area contributed by atoms with E-state index in [2.05, 4.69) is 10.6 Å². The van der Waals surface area contributed by atoms with Gasteiger partial charge >= 0.3 is 0 Å². The maximum Gasteiger partial charge on any atom is 0.130 e. The zero-order valence-corrected chi connectivity index (χ0v) is 8.39. The van der Waals surface area contributed by atoms with E-state index in [1.165, 1.54) is 18.2 Å². The van der Waals surface area contributed by atoms with Crippen LogP contribution in [0.25, 0.3) is 0 Å². The summed E-state index contributed by atoms with van der Waals surface area (Å²) in [7, 11) is 0. The first-order valence-electron chi connectivity index (χ1n) is 5.14. The van der Waals surface area contributed by atoms with Gasteiger partial charge in [0, 0.05) is 24.7 Å². The summed E-state index contributed by atoms with van der Waals surface area (Å²) in [6, 6.07) is 4.27. The van der Waals surface area contributed by atoms with Gasteiger partial charge in [0.15, 0.2) is 0 Å². The van der Waals surface area contributed by atoms with Crippen LogP contribution in [-0.2, 0) is 6.54 Å². The van der Waals surface area contributed by atoms with Gasteiger partial charge in [-0.25, -0.2) is 8.78 Å². The maximum absolute atomic E-state index is 13.2. The summed E-state index contributed by atoms with van der Waals surface area (Å²) in [5.41, 5.74) is 0.129. The third-order valence-corrected chi connectivity index (χ3v) is 2.69. The van der Waals surface area contributed by atoms with E-state index < -0.39 is 11.6 Å². The molecule has 1 aliphatic heterocycles.